The molecule has 0 amide bonds. The van der Waals surface area contributed by atoms with Gasteiger partial charge in [-0.25, -0.2) is 0 Å². The number of hydrogen-bond donors (Lipinski definition) is 0. The summed E-state index contributed by atoms with van der Waals surface area (Å²) in [7, 11) is 0. The van der Waals surface area contributed by atoms with Crippen LogP contribution in [-0.4, -0.2) is 43.0 Å². The van der Waals surface area contributed by atoms with Gasteiger partial charge in [-0.15, -0.1) is 0 Å². The van der Waals surface area contributed by atoms with E-state index < -0.39 is 6.10 Å². The second-order valence-corrected chi connectivity index (χ2v) is 5.09. The lowest BCUT2D eigenvalue weighted by Gasteiger charge is -2.28. The molecule has 4 nitrogen and oxygen atoms in total. The topological polar surface area (TPSA) is 53.3 Å². The fraction of sp³-hybridized carbons (Fsp3) is 0.500. The lowest BCUT2D eigenvalue weighted by atomic mass is 10.0. The molecule has 0 spiro atoms. The van der Waals surface area contributed by atoms with Crippen molar-refractivity contribution < 1.29 is 9.53 Å². The summed E-state index contributed by atoms with van der Waals surface area (Å²) in [5.74, 6) is 0.103. The van der Waals surface area contributed by atoms with Gasteiger partial charge in [0.25, 0.3) is 0 Å². The van der Waals surface area contributed by atoms with Crippen LogP contribution in [0.25, 0.3) is 0 Å². The van der Waals surface area contributed by atoms with Gasteiger partial charge in [-0.3, -0.25) is 9.69 Å². The van der Waals surface area contributed by atoms with Crippen LogP contribution in [0.3, 0.4) is 0 Å². The second kappa shape index (κ2) is 7.18. The number of Topliss-reactive ketones (excluding diaryl/α,β-unsaturated/α-hetero) is 1. The number of carbonyl (C=O) groups excluding carboxylic acids is 1. The third-order valence-corrected chi connectivity index (χ3v) is 3.48. The van der Waals surface area contributed by atoms with E-state index >= 15 is 0 Å². The summed E-state index contributed by atoms with van der Waals surface area (Å²) < 4.78 is 5.27. The summed E-state index contributed by atoms with van der Waals surface area (Å²) in [6, 6.07) is 9.93. The maximum Gasteiger partial charge on any atom is 0.176 e. The van der Waals surface area contributed by atoms with Gasteiger partial charge in [0, 0.05) is 18.7 Å². The van der Waals surface area contributed by atoms with Crippen LogP contribution in [0.4, 0.5) is 0 Å². The predicted molar refractivity (Wildman–Crippen MR) is 76.6 cm³/mol. The molecule has 1 fully saturated rings. The summed E-state index contributed by atoms with van der Waals surface area (Å²) in [6.07, 6.45) is 1.74. The molecule has 1 unspecified atom stereocenters. The molecule has 1 aromatic carbocycles. The number of carbonyl (C=O) groups is 1. The highest BCUT2D eigenvalue weighted by atomic mass is 16.5. The van der Waals surface area contributed by atoms with Crippen LogP contribution in [-0.2, 0) is 11.2 Å². The van der Waals surface area contributed by atoms with E-state index in [1.165, 1.54) is 5.56 Å². The molecule has 1 heterocycles. The van der Waals surface area contributed by atoms with Gasteiger partial charge in [-0.05, 0) is 12.0 Å². The fourth-order valence-corrected chi connectivity index (χ4v) is 2.36. The Balaban J connectivity index is 1.92. The molecule has 106 valence electrons. The molecule has 0 N–H and O–H groups in total. The Morgan fingerprint density at radius 1 is 1.45 bits per heavy atom. The number of ether oxygens (including phenoxy) is 1. The molecule has 1 aliphatic rings. The van der Waals surface area contributed by atoms with Crippen LogP contribution < -0.4 is 0 Å². The monoisotopic (exact) mass is 272 g/mol. The molecule has 1 saturated heterocycles. The van der Waals surface area contributed by atoms with Crippen molar-refractivity contribution >= 4 is 5.78 Å². The van der Waals surface area contributed by atoms with E-state index in [-0.39, 0.29) is 5.78 Å². The Labute approximate surface area is 120 Å². The van der Waals surface area contributed by atoms with Gasteiger partial charge in [-0.1, -0.05) is 37.6 Å². The number of nitriles is 1. The van der Waals surface area contributed by atoms with Crippen LogP contribution in [0, 0.1) is 11.3 Å². The highest BCUT2D eigenvalue weighted by Crippen LogP contribution is 2.10. The summed E-state index contributed by atoms with van der Waals surface area (Å²) in [6.45, 7) is 4.23. The Morgan fingerprint density at radius 3 is 2.85 bits per heavy atom. The molecule has 0 bridgehead atoms. The smallest absolute Gasteiger partial charge is 0.176 e. The lowest BCUT2D eigenvalue weighted by molar-refractivity contribution is 0.00241. The van der Waals surface area contributed by atoms with Crippen molar-refractivity contribution in [3.8, 4) is 6.07 Å². The summed E-state index contributed by atoms with van der Waals surface area (Å²) in [5, 5.41) is 8.85. The quantitative estimate of drug-likeness (QED) is 0.770. The zero-order valence-electron chi connectivity index (χ0n) is 11.8. The third kappa shape index (κ3) is 3.89. The molecule has 4 heteroatoms. The van der Waals surface area contributed by atoms with Gasteiger partial charge in [0.1, 0.15) is 0 Å². The molecule has 2 rings (SSSR count). The Morgan fingerprint density at radius 2 is 2.20 bits per heavy atom. The number of nitrogens with zero attached hydrogens (tertiary/aromatic N) is 2. The zero-order valence-corrected chi connectivity index (χ0v) is 11.8. The zero-order chi connectivity index (χ0) is 14.4. The first-order chi connectivity index (χ1) is 9.72. The van der Waals surface area contributed by atoms with Crippen molar-refractivity contribution in [3.05, 3.63) is 35.4 Å². The SMILES string of the molecule is CCCc1ccc(C(=O)CN2CCOC(C#N)C2)cc1. The highest BCUT2D eigenvalue weighted by molar-refractivity contribution is 5.97. The summed E-state index contributed by atoms with van der Waals surface area (Å²) >= 11 is 0. The number of benzene rings is 1. The molecule has 0 aliphatic carbocycles. The van der Waals surface area contributed by atoms with Gasteiger partial charge < -0.3 is 4.74 Å². The second-order valence-electron chi connectivity index (χ2n) is 5.09. The minimum Gasteiger partial charge on any atom is -0.361 e. The number of morpholine rings is 1. The maximum absolute atomic E-state index is 12.2. The molecule has 1 atom stereocenters. The van der Waals surface area contributed by atoms with E-state index in [0.717, 1.165) is 18.4 Å². The number of aryl methyl sites for hydroxylation is 1. The molecular weight excluding hydrogens is 252 g/mol. The molecule has 1 aromatic rings. The van der Waals surface area contributed by atoms with E-state index in [2.05, 4.69) is 13.0 Å². The molecule has 20 heavy (non-hydrogen) atoms. The first-order valence-electron chi connectivity index (χ1n) is 7.08. The molecule has 0 saturated carbocycles. The Kier molecular flexibility index (Phi) is 5.28. The van der Waals surface area contributed by atoms with E-state index in [1.807, 2.05) is 29.2 Å². The van der Waals surface area contributed by atoms with Crippen LogP contribution in [0.15, 0.2) is 24.3 Å². The minimum absolute atomic E-state index is 0.103. The number of rotatable bonds is 5. The van der Waals surface area contributed by atoms with E-state index in [1.54, 1.807) is 0 Å². The Hall–Kier alpha value is -1.70. The fourth-order valence-electron chi connectivity index (χ4n) is 2.36. The van der Waals surface area contributed by atoms with Crippen LogP contribution in [0.1, 0.15) is 29.3 Å². The van der Waals surface area contributed by atoms with Gasteiger partial charge in [0.15, 0.2) is 11.9 Å². The van der Waals surface area contributed by atoms with Crippen LogP contribution in [0.5, 0.6) is 0 Å². The van der Waals surface area contributed by atoms with E-state index in [0.29, 0.717) is 26.2 Å². The van der Waals surface area contributed by atoms with Gasteiger partial charge in [0.05, 0.1) is 19.2 Å². The lowest BCUT2D eigenvalue weighted by Crippen LogP contribution is -2.44. The van der Waals surface area contributed by atoms with Crippen molar-refractivity contribution in [1.29, 1.82) is 5.26 Å². The largest absolute Gasteiger partial charge is 0.361 e. The molecule has 0 aromatic heterocycles. The first-order valence-corrected chi connectivity index (χ1v) is 7.08. The van der Waals surface area contributed by atoms with Crippen molar-refractivity contribution in [2.75, 3.05) is 26.2 Å². The van der Waals surface area contributed by atoms with Crippen molar-refractivity contribution in [2.45, 2.75) is 25.9 Å². The third-order valence-electron chi connectivity index (χ3n) is 3.48. The summed E-state index contributed by atoms with van der Waals surface area (Å²) in [5.41, 5.74) is 2.00. The molecular formula is C16H20N2O2. The van der Waals surface area contributed by atoms with Crippen molar-refractivity contribution in [2.24, 2.45) is 0 Å². The maximum atomic E-state index is 12.2. The van der Waals surface area contributed by atoms with E-state index in [9.17, 15) is 4.79 Å². The predicted octanol–water partition coefficient (Wildman–Crippen LogP) is 2.05. The Bertz CT molecular complexity index is 490. The van der Waals surface area contributed by atoms with Crippen molar-refractivity contribution in [1.82, 2.24) is 4.90 Å². The van der Waals surface area contributed by atoms with Gasteiger partial charge in [-0.2, -0.15) is 5.26 Å². The highest BCUT2D eigenvalue weighted by Gasteiger charge is 2.22. The van der Waals surface area contributed by atoms with Crippen LogP contribution >= 0.6 is 0 Å². The number of ketones is 1. The average molecular weight is 272 g/mol. The van der Waals surface area contributed by atoms with Crippen LogP contribution in [0.2, 0.25) is 0 Å². The van der Waals surface area contributed by atoms with Gasteiger partial charge >= 0.3 is 0 Å². The van der Waals surface area contributed by atoms with E-state index in [4.69, 9.17) is 10.00 Å². The first kappa shape index (κ1) is 14.7. The molecule has 1 aliphatic heterocycles. The normalized spacial score (nSPS) is 19.5. The average Bonchev–Trinajstić information content (AvgIpc) is 2.48. The molecule has 0 radical (unpaired) electrons. The number of hydrogen-bond acceptors (Lipinski definition) is 4. The standard InChI is InChI=1S/C16H20N2O2/c1-2-3-13-4-6-14(7-5-13)16(19)12-18-8-9-20-15(10-17)11-18/h4-7,15H,2-3,8-9,11-12H2,1H3. The summed E-state index contributed by atoms with van der Waals surface area (Å²) in [4.78, 5) is 14.2. The minimum atomic E-state index is -0.413. The van der Waals surface area contributed by atoms with Crippen molar-refractivity contribution in [3.63, 3.8) is 0 Å². The van der Waals surface area contributed by atoms with Gasteiger partial charge in [0.2, 0.25) is 0 Å².